The molecule has 0 spiro atoms. The molecule has 3 heterocycles. The molecule has 0 N–H and O–H groups in total. The second-order valence-electron chi connectivity index (χ2n) is 4.73. The summed E-state index contributed by atoms with van der Waals surface area (Å²) in [7, 11) is 0. The van der Waals surface area contributed by atoms with E-state index in [2.05, 4.69) is 23.5 Å². The summed E-state index contributed by atoms with van der Waals surface area (Å²) in [5, 5.41) is 2.00. The zero-order chi connectivity index (χ0) is 14.8. The Hall–Kier alpha value is -2.21. The number of fused-ring (bicyclic) bond motifs is 1. The van der Waals surface area contributed by atoms with Crippen LogP contribution in [-0.4, -0.2) is 19.1 Å². The Balaban J connectivity index is 2.37. The number of rotatable bonds is 5. The van der Waals surface area contributed by atoms with Gasteiger partial charge < -0.3 is 9.13 Å². The molecule has 0 saturated carbocycles. The van der Waals surface area contributed by atoms with Crippen LogP contribution in [0.2, 0.25) is 0 Å². The first-order valence-electron chi connectivity index (χ1n) is 6.86. The molecule has 0 aliphatic heterocycles. The summed E-state index contributed by atoms with van der Waals surface area (Å²) in [6, 6.07) is 3.99. The lowest BCUT2D eigenvalue weighted by Crippen LogP contribution is -2.14. The van der Waals surface area contributed by atoms with Gasteiger partial charge in [0.2, 0.25) is 0 Å². The Morgan fingerprint density at radius 1 is 1.48 bits per heavy atom. The summed E-state index contributed by atoms with van der Waals surface area (Å²) in [5.41, 5.74) is 0.967. The molecule has 0 amide bonds. The van der Waals surface area contributed by atoms with Crippen molar-refractivity contribution >= 4 is 22.5 Å². The van der Waals surface area contributed by atoms with Crippen LogP contribution in [0.1, 0.15) is 13.3 Å². The minimum Gasteiger partial charge on any atom is -0.316 e. The van der Waals surface area contributed by atoms with Crippen molar-refractivity contribution in [3.8, 4) is 10.7 Å². The second kappa shape index (κ2) is 5.65. The van der Waals surface area contributed by atoms with E-state index in [0.29, 0.717) is 12.1 Å². The lowest BCUT2D eigenvalue weighted by Gasteiger charge is -2.10. The molecule has 0 atom stereocenters. The van der Waals surface area contributed by atoms with Gasteiger partial charge in [0.05, 0.1) is 4.88 Å². The van der Waals surface area contributed by atoms with Crippen molar-refractivity contribution in [2.75, 3.05) is 0 Å². The average molecular weight is 300 g/mol. The van der Waals surface area contributed by atoms with Crippen LogP contribution in [0.25, 0.3) is 21.9 Å². The highest BCUT2D eigenvalue weighted by Gasteiger charge is 2.17. The molecule has 0 radical (unpaired) electrons. The summed E-state index contributed by atoms with van der Waals surface area (Å²) in [6.45, 7) is 7.32. The van der Waals surface area contributed by atoms with Gasteiger partial charge in [0.1, 0.15) is 12.0 Å². The van der Waals surface area contributed by atoms with Gasteiger partial charge >= 0.3 is 5.56 Å². The fraction of sp³-hybridized carbons (Fsp3) is 0.267. The predicted octanol–water partition coefficient (Wildman–Crippen LogP) is 2.92. The number of aromatic nitrogens is 4. The first-order chi connectivity index (χ1) is 10.3. The van der Waals surface area contributed by atoms with Crippen molar-refractivity contribution in [2.45, 2.75) is 26.4 Å². The molecule has 0 fully saturated rings. The Bertz CT molecular complexity index is 829. The van der Waals surface area contributed by atoms with Crippen LogP contribution >= 0.6 is 11.3 Å². The van der Waals surface area contributed by atoms with Crippen molar-refractivity contribution in [2.24, 2.45) is 0 Å². The monoisotopic (exact) mass is 300 g/mol. The molecular formula is C15H16N4OS. The van der Waals surface area contributed by atoms with E-state index in [1.54, 1.807) is 17.7 Å². The van der Waals surface area contributed by atoms with Gasteiger partial charge in [0.15, 0.2) is 11.3 Å². The molecule has 3 rings (SSSR count). The van der Waals surface area contributed by atoms with Crippen LogP contribution in [0.15, 0.2) is 41.3 Å². The predicted molar refractivity (Wildman–Crippen MR) is 85.6 cm³/mol. The summed E-state index contributed by atoms with van der Waals surface area (Å²) in [5.74, 6) is 0.801. The first kappa shape index (κ1) is 13.8. The van der Waals surface area contributed by atoms with Gasteiger partial charge in [0, 0.05) is 13.1 Å². The van der Waals surface area contributed by atoms with Gasteiger partial charge in [-0.3, -0.25) is 4.79 Å². The fourth-order valence-electron chi connectivity index (χ4n) is 2.42. The molecule has 21 heavy (non-hydrogen) atoms. The molecule has 0 saturated heterocycles. The third kappa shape index (κ3) is 2.31. The van der Waals surface area contributed by atoms with Gasteiger partial charge in [-0.15, -0.1) is 17.9 Å². The van der Waals surface area contributed by atoms with Gasteiger partial charge in [0.25, 0.3) is 0 Å². The van der Waals surface area contributed by atoms with E-state index in [-0.39, 0.29) is 5.56 Å². The zero-order valence-corrected chi connectivity index (χ0v) is 12.6. The molecule has 0 aliphatic rings. The SMILES string of the molecule is C=CCn1c(-c2cccs2)nc2c(=O)ncn(CCC)c21. The van der Waals surface area contributed by atoms with Crippen molar-refractivity contribution in [1.29, 1.82) is 0 Å². The maximum Gasteiger partial charge on any atom is 0.300 e. The fourth-order valence-corrected chi connectivity index (χ4v) is 3.14. The van der Waals surface area contributed by atoms with Gasteiger partial charge in [-0.25, -0.2) is 4.98 Å². The molecule has 5 nitrogen and oxygen atoms in total. The first-order valence-corrected chi connectivity index (χ1v) is 7.74. The minimum absolute atomic E-state index is 0.280. The molecule has 108 valence electrons. The Labute approximate surface area is 126 Å². The molecule has 0 bridgehead atoms. The van der Waals surface area contributed by atoms with Crippen molar-refractivity contribution in [3.05, 3.63) is 46.8 Å². The van der Waals surface area contributed by atoms with E-state index in [1.165, 1.54) is 0 Å². The van der Waals surface area contributed by atoms with E-state index in [4.69, 9.17) is 0 Å². The smallest absolute Gasteiger partial charge is 0.300 e. The quantitative estimate of drug-likeness (QED) is 0.681. The van der Waals surface area contributed by atoms with Gasteiger partial charge in [-0.05, 0) is 17.9 Å². The minimum atomic E-state index is -0.280. The van der Waals surface area contributed by atoms with Crippen molar-refractivity contribution < 1.29 is 0 Å². The molecule has 0 aromatic carbocycles. The van der Waals surface area contributed by atoms with Crippen LogP contribution < -0.4 is 5.56 Å². The maximum absolute atomic E-state index is 12.1. The van der Waals surface area contributed by atoms with E-state index in [0.717, 1.165) is 29.3 Å². The highest BCUT2D eigenvalue weighted by molar-refractivity contribution is 7.13. The van der Waals surface area contributed by atoms with Gasteiger partial charge in [-0.2, -0.15) is 4.98 Å². The van der Waals surface area contributed by atoms with Gasteiger partial charge in [-0.1, -0.05) is 19.1 Å². The number of hydrogen-bond donors (Lipinski definition) is 0. The number of imidazole rings is 1. The number of hydrogen-bond acceptors (Lipinski definition) is 4. The summed E-state index contributed by atoms with van der Waals surface area (Å²) in [4.78, 5) is 21.6. The molecule has 0 unspecified atom stereocenters. The van der Waals surface area contributed by atoms with Crippen LogP contribution in [0.3, 0.4) is 0 Å². The van der Waals surface area contributed by atoms with Crippen LogP contribution in [0.4, 0.5) is 0 Å². The number of allylic oxidation sites excluding steroid dienone is 1. The van der Waals surface area contributed by atoms with E-state index in [9.17, 15) is 4.79 Å². The maximum atomic E-state index is 12.1. The number of nitrogens with zero attached hydrogens (tertiary/aromatic N) is 4. The standard InChI is InChI=1S/C15H16N4OS/c1-3-7-18-10-16-14(20)12-15(18)19(8-4-2)13(17-12)11-6-5-9-21-11/h4-6,9-10H,2-3,7-8H2,1H3. The zero-order valence-electron chi connectivity index (χ0n) is 11.8. The molecule has 0 aliphatic carbocycles. The van der Waals surface area contributed by atoms with E-state index >= 15 is 0 Å². The second-order valence-corrected chi connectivity index (χ2v) is 5.68. The largest absolute Gasteiger partial charge is 0.316 e. The number of thiophene rings is 1. The van der Waals surface area contributed by atoms with Crippen LogP contribution in [-0.2, 0) is 13.1 Å². The lowest BCUT2D eigenvalue weighted by molar-refractivity contribution is 0.661. The third-order valence-electron chi connectivity index (χ3n) is 3.25. The topological polar surface area (TPSA) is 52.7 Å². The molecule has 3 aromatic rings. The highest BCUT2D eigenvalue weighted by Crippen LogP contribution is 2.27. The van der Waals surface area contributed by atoms with E-state index < -0.39 is 0 Å². The van der Waals surface area contributed by atoms with Crippen LogP contribution in [0.5, 0.6) is 0 Å². The normalized spacial score (nSPS) is 11.1. The van der Waals surface area contributed by atoms with Crippen molar-refractivity contribution in [3.63, 3.8) is 0 Å². The highest BCUT2D eigenvalue weighted by atomic mass is 32.1. The lowest BCUT2D eigenvalue weighted by atomic mass is 10.4. The van der Waals surface area contributed by atoms with E-state index in [1.807, 2.05) is 32.7 Å². The Morgan fingerprint density at radius 2 is 2.33 bits per heavy atom. The Morgan fingerprint density at radius 3 is 3.00 bits per heavy atom. The summed E-state index contributed by atoms with van der Waals surface area (Å²) < 4.78 is 4.03. The molecule has 6 heteroatoms. The Kier molecular flexibility index (Phi) is 3.70. The average Bonchev–Trinajstić information content (AvgIpc) is 3.10. The molecule has 3 aromatic heterocycles. The number of aryl methyl sites for hydroxylation is 1. The third-order valence-corrected chi connectivity index (χ3v) is 4.11. The molecular weight excluding hydrogens is 284 g/mol. The van der Waals surface area contributed by atoms with Crippen LogP contribution in [0, 0.1) is 0 Å². The summed E-state index contributed by atoms with van der Waals surface area (Å²) >= 11 is 1.61. The summed E-state index contributed by atoms with van der Waals surface area (Å²) in [6.07, 6.45) is 4.39. The van der Waals surface area contributed by atoms with Crippen molar-refractivity contribution in [1.82, 2.24) is 19.1 Å².